The smallest absolute Gasteiger partial charge is 0.193 e. The van der Waals surface area contributed by atoms with Crippen LogP contribution in [0.5, 0.6) is 0 Å². The molecule has 3 rings (SSSR count). The molecule has 1 fully saturated rings. The molecule has 0 radical (unpaired) electrons. The van der Waals surface area contributed by atoms with Crippen molar-refractivity contribution >= 4 is 5.78 Å². The average Bonchev–Trinajstić information content (AvgIpc) is 2.56. The van der Waals surface area contributed by atoms with Gasteiger partial charge in [0.25, 0.3) is 0 Å². The fourth-order valence-corrected chi connectivity index (χ4v) is 2.98. The fraction of sp³-hybridized carbons (Fsp3) is 0.316. The molecule has 0 spiro atoms. The Morgan fingerprint density at radius 3 is 2.29 bits per heavy atom. The minimum absolute atomic E-state index is 0.128. The third kappa shape index (κ3) is 3.40. The van der Waals surface area contributed by atoms with Gasteiger partial charge in [-0.25, -0.2) is 0 Å². The highest BCUT2D eigenvalue weighted by Gasteiger charge is 2.16. The Labute approximate surface area is 126 Å². The Morgan fingerprint density at radius 2 is 1.52 bits per heavy atom. The van der Waals surface area contributed by atoms with Crippen LogP contribution in [0.4, 0.5) is 0 Å². The van der Waals surface area contributed by atoms with Crippen molar-refractivity contribution in [3.05, 3.63) is 71.3 Å². The van der Waals surface area contributed by atoms with E-state index in [0.29, 0.717) is 0 Å². The number of piperidine rings is 1. The number of carbonyl (C=O) groups is 1. The fourth-order valence-electron chi connectivity index (χ4n) is 2.98. The molecule has 21 heavy (non-hydrogen) atoms. The van der Waals surface area contributed by atoms with E-state index in [1.54, 1.807) is 0 Å². The number of rotatable bonds is 4. The molecule has 0 aliphatic carbocycles. The van der Waals surface area contributed by atoms with Crippen LogP contribution in [0.2, 0.25) is 0 Å². The summed E-state index contributed by atoms with van der Waals surface area (Å²) in [7, 11) is 0. The summed E-state index contributed by atoms with van der Waals surface area (Å²) in [4.78, 5) is 15.1. The molecule has 2 aromatic rings. The molecule has 1 saturated heterocycles. The van der Waals surface area contributed by atoms with Crippen LogP contribution in [0.3, 0.4) is 0 Å². The Bertz CT molecular complexity index is 600. The standard InChI is InChI=1S/C19H21NO/c21-19(16-9-3-1-4-10-16)18-12-6-5-11-17(18)15-20-13-7-2-8-14-20/h1,3-6,9-12H,2,7-8,13-15H2. The highest BCUT2D eigenvalue weighted by atomic mass is 16.1. The molecular formula is C19H21NO. The van der Waals surface area contributed by atoms with Gasteiger partial charge in [-0.1, -0.05) is 61.0 Å². The summed E-state index contributed by atoms with van der Waals surface area (Å²) in [5.41, 5.74) is 2.76. The van der Waals surface area contributed by atoms with E-state index in [4.69, 9.17) is 0 Å². The van der Waals surface area contributed by atoms with Gasteiger partial charge in [-0.3, -0.25) is 9.69 Å². The van der Waals surface area contributed by atoms with E-state index in [2.05, 4.69) is 11.0 Å². The molecule has 0 bridgehead atoms. The quantitative estimate of drug-likeness (QED) is 0.791. The number of hydrogen-bond acceptors (Lipinski definition) is 2. The van der Waals surface area contributed by atoms with E-state index in [1.165, 1.54) is 19.3 Å². The Balaban J connectivity index is 1.83. The van der Waals surface area contributed by atoms with Crippen LogP contribution in [0.25, 0.3) is 0 Å². The summed E-state index contributed by atoms with van der Waals surface area (Å²) in [5, 5.41) is 0. The maximum atomic E-state index is 12.7. The predicted molar refractivity (Wildman–Crippen MR) is 85.4 cm³/mol. The molecule has 108 valence electrons. The number of ketones is 1. The first-order valence-corrected chi connectivity index (χ1v) is 7.74. The van der Waals surface area contributed by atoms with Gasteiger partial charge in [0, 0.05) is 17.7 Å². The van der Waals surface area contributed by atoms with Gasteiger partial charge in [0.1, 0.15) is 0 Å². The zero-order valence-electron chi connectivity index (χ0n) is 12.3. The summed E-state index contributed by atoms with van der Waals surface area (Å²) >= 11 is 0. The van der Waals surface area contributed by atoms with Gasteiger partial charge in [-0.15, -0.1) is 0 Å². The lowest BCUT2D eigenvalue weighted by atomic mass is 9.97. The van der Waals surface area contributed by atoms with Gasteiger partial charge in [0.05, 0.1) is 0 Å². The lowest BCUT2D eigenvalue weighted by Gasteiger charge is -2.27. The van der Waals surface area contributed by atoms with Crippen molar-refractivity contribution in [2.45, 2.75) is 25.8 Å². The van der Waals surface area contributed by atoms with E-state index < -0.39 is 0 Å². The van der Waals surface area contributed by atoms with E-state index in [-0.39, 0.29) is 5.78 Å². The molecule has 0 saturated carbocycles. The first-order valence-electron chi connectivity index (χ1n) is 7.74. The van der Waals surface area contributed by atoms with Gasteiger partial charge >= 0.3 is 0 Å². The van der Waals surface area contributed by atoms with Crippen LogP contribution in [-0.2, 0) is 6.54 Å². The third-order valence-corrected chi connectivity index (χ3v) is 4.14. The summed E-state index contributed by atoms with van der Waals surface area (Å²) < 4.78 is 0. The van der Waals surface area contributed by atoms with Crippen LogP contribution in [0.15, 0.2) is 54.6 Å². The van der Waals surface area contributed by atoms with Crippen molar-refractivity contribution in [1.29, 1.82) is 0 Å². The zero-order valence-corrected chi connectivity index (χ0v) is 12.3. The molecule has 2 nitrogen and oxygen atoms in total. The molecule has 0 unspecified atom stereocenters. The molecule has 0 N–H and O–H groups in total. The number of benzene rings is 2. The second kappa shape index (κ2) is 6.68. The van der Waals surface area contributed by atoms with E-state index >= 15 is 0 Å². The molecule has 0 aromatic heterocycles. The molecule has 1 heterocycles. The van der Waals surface area contributed by atoms with Gasteiger partial charge in [-0.05, 0) is 31.5 Å². The molecular weight excluding hydrogens is 258 g/mol. The number of hydrogen-bond donors (Lipinski definition) is 0. The van der Waals surface area contributed by atoms with E-state index in [1.807, 2.05) is 48.5 Å². The minimum atomic E-state index is 0.128. The Kier molecular flexibility index (Phi) is 4.46. The van der Waals surface area contributed by atoms with Gasteiger partial charge in [0.2, 0.25) is 0 Å². The first-order chi connectivity index (χ1) is 10.3. The Hall–Kier alpha value is -1.93. The maximum Gasteiger partial charge on any atom is 0.193 e. The van der Waals surface area contributed by atoms with Crippen molar-refractivity contribution in [3.63, 3.8) is 0 Å². The van der Waals surface area contributed by atoms with Crippen LogP contribution < -0.4 is 0 Å². The summed E-state index contributed by atoms with van der Waals surface area (Å²) in [6, 6.07) is 17.6. The lowest BCUT2D eigenvalue weighted by Crippen LogP contribution is -2.29. The molecule has 0 amide bonds. The average molecular weight is 279 g/mol. The zero-order chi connectivity index (χ0) is 14.5. The lowest BCUT2D eigenvalue weighted by molar-refractivity contribution is 0.103. The third-order valence-electron chi connectivity index (χ3n) is 4.14. The summed E-state index contributed by atoms with van der Waals surface area (Å²) in [6.07, 6.45) is 3.88. The number of nitrogens with zero attached hydrogens (tertiary/aromatic N) is 1. The highest BCUT2D eigenvalue weighted by molar-refractivity contribution is 6.09. The van der Waals surface area contributed by atoms with E-state index in [0.717, 1.165) is 36.3 Å². The van der Waals surface area contributed by atoms with Gasteiger partial charge < -0.3 is 0 Å². The molecule has 2 heteroatoms. The summed E-state index contributed by atoms with van der Waals surface area (Å²) in [6.45, 7) is 3.18. The molecule has 2 aromatic carbocycles. The maximum absolute atomic E-state index is 12.7. The Morgan fingerprint density at radius 1 is 0.857 bits per heavy atom. The summed E-state index contributed by atoms with van der Waals surface area (Å²) in [5.74, 6) is 0.128. The topological polar surface area (TPSA) is 20.3 Å². The molecule has 1 aliphatic rings. The SMILES string of the molecule is O=C(c1ccccc1)c1ccccc1CN1CCCCC1. The number of carbonyl (C=O) groups excluding carboxylic acids is 1. The normalized spacial score (nSPS) is 15.8. The monoisotopic (exact) mass is 279 g/mol. The first kappa shape index (κ1) is 14.0. The van der Waals surface area contributed by atoms with Crippen LogP contribution in [0, 0.1) is 0 Å². The van der Waals surface area contributed by atoms with Crippen molar-refractivity contribution in [2.24, 2.45) is 0 Å². The van der Waals surface area contributed by atoms with Gasteiger partial charge in [-0.2, -0.15) is 0 Å². The minimum Gasteiger partial charge on any atom is -0.299 e. The van der Waals surface area contributed by atoms with Crippen LogP contribution >= 0.6 is 0 Å². The van der Waals surface area contributed by atoms with Gasteiger partial charge in [0.15, 0.2) is 5.78 Å². The molecule has 0 atom stereocenters. The predicted octanol–water partition coefficient (Wildman–Crippen LogP) is 3.90. The van der Waals surface area contributed by atoms with Crippen molar-refractivity contribution in [3.8, 4) is 0 Å². The second-order valence-electron chi connectivity index (χ2n) is 5.69. The van der Waals surface area contributed by atoms with Crippen LogP contribution in [-0.4, -0.2) is 23.8 Å². The van der Waals surface area contributed by atoms with Crippen molar-refractivity contribution < 1.29 is 4.79 Å². The number of likely N-dealkylation sites (tertiary alicyclic amines) is 1. The van der Waals surface area contributed by atoms with Crippen molar-refractivity contribution in [1.82, 2.24) is 4.90 Å². The van der Waals surface area contributed by atoms with Crippen LogP contribution in [0.1, 0.15) is 40.7 Å². The highest BCUT2D eigenvalue weighted by Crippen LogP contribution is 2.18. The van der Waals surface area contributed by atoms with E-state index in [9.17, 15) is 4.79 Å². The molecule has 1 aliphatic heterocycles. The largest absolute Gasteiger partial charge is 0.299 e. The van der Waals surface area contributed by atoms with Crippen molar-refractivity contribution in [2.75, 3.05) is 13.1 Å². The second-order valence-corrected chi connectivity index (χ2v) is 5.69.